The first-order valence-corrected chi connectivity index (χ1v) is 7.61. The molecule has 24 heavy (non-hydrogen) atoms. The molecule has 130 valence electrons. The second-order valence-corrected chi connectivity index (χ2v) is 5.35. The molecule has 0 saturated carbocycles. The van der Waals surface area contributed by atoms with Gasteiger partial charge in [-0.3, -0.25) is 9.59 Å². The lowest BCUT2D eigenvalue weighted by atomic mass is 9.87. The van der Waals surface area contributed by atoms with E-state index < -0.39 is 17.8 Å². The summed E-state index contributed by atoms with van der Waals surface area (Å²) in [6.07, 6.45) is 0. The van der Waals surface area contributed by atoms with Gasteiger partial charge in [-0.1, -0.05) is 0 Å². The van der Waals surface area contributed by atoms with Crippen molar-refractivity contribution in [3.63, 3.8) is 0 Å². The Balaban J connectivity index is 2.08. The molecule has 1 aromatic carbocycles. The molecule has 1 N–H and O–H groups in total. The Kier molecular flexibility index (Phi) is 4.37. The number of benzene rings is 1. The molecule has 0 spiro atoms. The Hall–Kier alpha value is -2.64. The highest BCUT2D eigenvalue weighted by molar-refractivity contribution is 6.01. The van der Waals surface area contributed by atoms with Gasteiger partial charge >= 0.3 is 5.97 Å². The van der Waals surface area contributed by atoms with E-state index in [9.17, 15) is 9.59 Å². The van der Waals surface area contributed by atoms with E-state index in [0.29, 0.717) is 35.1 Å². The third-order valence-corrected chi connectivity index (χ3v) is 4.14. The van der Waals surface area contributed by atoms with Crippen molar-refractivity contribution in [2.24, 2.45) is 5.92 Å². The number of ether oxygens (including phenoxy) is 5. The molecule has 2 aliphatic heterocycles. The van der Waals surface area contributed by atoms with Crippen LogP contribution in [0.3, 0.4) is 0 Å². The predicted octanol–water partition coefficient (Wildman–Crippen LogP) is 0.825. The Bertz CT molecular complexity index is 673. The van der Waals surface area contributed by atoms with E-state index >= 15 is 0 Å². The van der Waals surface area contributed by atoms with Gasteiger partial charge in [-0.25, -0.2) is 0 Å². The van der Waals surface area contributed by atoms with E-state index in [1.54, 1.807) is 13.0 Å². The summed E-state index contributed by atoms with van der Waals surface area (Å²) in [7, 11) is 3.01. The minimum atomic E-state index is -0.941. The maximum atomic E-state index is 12.2. The molecule has 3 rings (SSSR count). The van der Waals surface area contributed by atoms with Gasteiger partial charge in [-0.05, 0) is 13.0 Å². The Morgan fingerprint density at radius 3 is 2.71 bits per heavy atom. The standard InChI is InChI=1S/C16H19NO7/c1-4-22-16(19)11-9(6-17-15(11)18)8-5-10(20-2)13-14(12(8)21-3)24-7-23-13/h5,9,11H,4,6-7H2,1-3H3,(H,17,18). The molecule has 1 amide bonds. The van der Waals surface area contributed by atoms with Crippen LogP contribution in [0.15, 0.2) is 6.07 Å². The molecular weight excluding hydrogens is 318 g/mol. The van der Waals surface area contributed by atoms with Crippen molar-refractivity contribution in [1.82, 2.24) is 5.32 Å². The minimum Gasteiger partial charge on any atom is -0.493 e. The summed E-state index contributed by atoms with van der Waals surface area (Å²) in [6, 6.07) is 1.71. The van der Waals surface area contributed by atoms with Gasteiger partial charge in [0.1, 0.15) is 5.92 Å². The molecule has 1 fully saturated rings. The third-order valence-electron chi connectivity index (χ3n) is 4.14. The lowest BCUT2D eigenvalue weighted by Gasteiger charge is -2.20. The normalized spacial score (nSPS) is 21.4. The number of fused-ring (bicyclic) bond motifs is 1. The Morgan fingerprint density at radius 2 is 2.04 bits per heavy atom. The maximum absolute atomic E-state index is 12.2. The molecule has 0 bridgehead atoms. The second kappa shape index (κ2) is 6.46. The van der Waals surface area contributed by atoms with Crippen molar-refractivity contribution in [2.45, 2.75) is 12.8 Å². The van der Waals surface area contributed by atoms with E-state index in [-0.39, 0.29) is 19.3 Å². The van der Waals surface area contributed by atoms with Crippen LogP contribution in [0.1, 0.15) is 18.4 Å². The first-order valence-electron chi connectivity index (χ1n) is 7.61. The molecule has 0 aliphatic carbocycles. The number of methoxy groups -OCH3 is 2. The quantitative estimate of drug-likeness (QED) is 0.628. The SMILES string of the molecule is CCOC(=O)C1C(=O)NCC1c1cc(OC)c2c(c1OC)OCO2. The van der Waals surface area contributed by atoms with Gasteiger partial charge in [0.15, 0.2) is 11.5 Å². The summed E-state index contributed by atoms with van der Waals surface area (Å²) < 4.78 is 26.8. The largest absolute Gasteiger partial charge is 0.493 e. The molecule has 2 aliphatic rings. The van der Waals surface area contributed by atoms with Crippen LogP contribution >= 0.6 is 0 Å². The van der Waals surface area contributed by atoms with Gasteiger partial charge in [0.2, 0.25) is 24.2 Å². The lowest BCUT2D eigenvalue weighted by Crippen LogP contribution is -2.29. The zero-order chi connectivity index (χ0) is 17.3. The van der Waals surface area contributed by atoms with Crippen molar-refractivity contribution in [3.8, 4) is 23.0 Å². The van der Waals surface area contributed by atoms with E-state index in [1.807, 2.05) is 0 Å². The van der Waals surface area contributed by atoms with Crippen LogP contribution in [0.2, 0.25) is 0 Å². The summed E-state index contributed by atoms with van der Waals surface area (Å²) in [5.74, 6) is -0.566. The van der Waals surface area contributed by atoms with Crippen molar-refractivity contribution in [3.05, 3.63) is 11.6 Å². The summed E-state index contributed by atoms with van der Waals surface area (Å²) in [6.45, 7) is 2.25. The summed E-state index contributed by atoms with van der Waals surface area (Å²) in [5.41, 5.74) is 0.634. The van der Waals surface area contributed by atoms with Crippen LogP contribution in [-0.2, 0) is 14.3 Å². The monoisotopic (exact) mass is 337 g/mol. The zero-order valence-corrected chi connectivity index (χ0v) is 13.7. The van der Waals surface area contributed by atoms with Gasteiger partial charge in [-0.2, -0.15) is 0 Å². The highest BCUT2D eigenvalue weighted by Crippen LogP contribution is 2.52. The van der Waals surface area contributed by atoms with Gasteiger partial charge < -0.3 is 29.0 Å². The number of hydrogen-bond donors (Lipinski definition) is 1. The fraction of sp³-hybridized carbons (Fsp3) is 0.500. The van der Waals surface area contributed by atoms with Gasteiger partial charge in [0.05, 0.1) is 20.8 Å². The molecule has 0 aromatic heterocycles. The van der Waals surface area contributed by atoms with Gasteiger partial charge in [0.25, 0.3) is 0 Å². The molecule has 8 heteroatoms. The number of rotatable bonds is 5. The fourth-order valence-corrected chi connectivity index (χ4v) is 3.09. The molecule has 1 aromatic rings. The molecule has 2 heterocycles. The van der Waals surface area contributed by atoms with Crippen molar-refractivity contribution in [2.75, 3.05) is 34.2 Å². The van der Waals surface area contributed by atoms with E-state index in [0.717, 1.165) is 0 Å². The first kappa shape index (κ1) is 16.2. The molecule has 2 atom stereocenters. The number of carbonyl (C=O) groups is 2. The topological polar surface area (TPSA) is 92.3 Å². The predicted molar refractivity (Wildman–Crippen MR) is 81.5 cm³/mol. The van der Waals surface area contributed by atoms with Crippen LogP contribution in [0.25, 0.3) is 0 Å². The summed E-state index contributed by atoms with van der Waals surface area (Å²) >= 11 is 0. The molecule has 8 nitrogen and oxygen atoms in total. The van der Waals surface area contributed by atoms with Crippen LogP contribution in [0.5, 0.6) is 23.0 Å². The molecule has 2 unspecified atom stereocenters. The summed E-state index contributed by atoms with van der Waals surface area (Å²) in [5, 5.41) is 2.71. The van der Waals surface area contributed by atoms with Crippen LogP contribution in [-0.4, -0.2) is 46.0 Å². The maximum Gasteiger partial charge on any atom is 0.319 e. The van der Waals surface area contributed by atoms with Crippen LogP contribution in [0, 0.1) is 5.92 Å². The summed E-state index contributed by atoms with van der Waals surface area (Å²) in [4.78, 5) is 24.3. The van der Waals surface area contributed by atoms with Crippen molar-refractivity contribution < 1.29 is 33.3 Å². The van der Waals surface area contributed by atoms with Crippen molar-refractivity contribution in [1.29, 1.82) is 0 Å². The lowest BCUT2D eigenvalue weighted by molar-refractivity contribution is -0.151. The first-order chi connectivity index (χ1) is 11.6. The number of esters is 1. The highest BCUT2D eigenvalue weighted by Gasteiger charge is 2.45. The molecular formula is C16H19NO7. The molecule has 1 saturated heterocycles. The number of carbonyl (C=O) groups excluding carboxylic acids is 2. The van der Waals surface area contributed by atoms with Gasteiger partial charge in [-0.15, -0.1) is 0 Å². The number of nitrogens with one attached hydrogen (secondary N) is 1. The number of amides is 1. The minimum absolute atomic E-state index is 0.0503. The average Bonchev–Trinajstić information content (AvgIpc) is 3.20. The van der Waals surface area contributed by atoms with Crippen LogP contribution in [0.4, 0.5) is 0 Å². The molecule has 0 radical (unpaired) electrons. The highest BCUT2D eigenvalue weighted by atomic mass is 16.7. The van der Waals surface area contributed by atoms with Crippen LogP contribution < -0.4 is 24.3 Å². The third kappa shape index (κ3) is 2.47. The van der Waals surface area contributed by atoms with E-state index in [2.05, 4.69) is 5.32 Å². The smallest absolute Gasteiger partial charge is 0.319 e. The zero-order valence-electron chi connectivity index (χ0n) is 13.7. The average molecular weight is 337 g/mol. The Labute approximate surface area is 139 Å². The second-order valence-electron chi connectivity index (χ2n) is 5.35. The van der Waals surface area contributed by atoms with Gasteiger partial charge in [0, 0.05) is 18.0 Å². The Morgan fingerprint density at radius 1 is 1.29 bits per heavy atom. The fourth-order valence-electron chi connectivity index (χ4n) is 3.09. The number of hydrogen-bond acceptors (Lipinski definition) is 7. The van der Waals surface area contributed by atoms with Crippen molar-refractivity contribution >= 4 is 11.9 Å². The van der Waals surface area contributed by atoms with E-state index in [1.165, 1.54) is 14.2 Å². The van der Waals surface area contributed by atoms with E-state index in [4.69, 9.17) is 23.7 Å².